The molecule has 4 aliphatic rings. The van der Waals surface area contributed by atoms with Gasteiger partial charge in [0.15, 0.2) is 0 Å². The van der Waals surface area contributed by atoms with Crippen LogP contribution in [0.4, 0.5) is 5.69 Å². The maximum absolute atomic E-state index is 13.3. The number of anilines is 1. The van der Waals surface area contributed by atoms with Gasteiger partial charge in [-0.05, 0) is 61.3 Å². The number of aliphatic hydroxyl groups excluding tert-OH is 1. The molecule has 5 rings (SSSR count). The number of carbonyl (C=O) groups excluding carboxylic acids is 1. The van der Waals surface area contributed by atoms with E-state index in [4.69, 9.17) is 4.74 Å². The lowest BCUT2D eigenvalue weighted by atomic mass is 9.76. The number of hydrazine groups is 1. The van der Waals surface area contributed by atoms with E-state index in [2.05, 4.69) is 20.1 Å². The van der Waals surface area contributed by atoms with Crippen molar-refractivity contribution in [3.63, 3.8) is 0 Å². The number of aryl methyl sites for hydroxylation is 2. The van der Waals surface area contributed by atoms with E-state index in [1.54, 1.807) is 23.4 Å². The summed E-state index contributed by atoms with van der Waals surface area (Å²) in [6, 6.07) is 5.72. The molecular formula is C27H35N5O5S. The monoisotopic (exact) mass is 541 g/mol. The van der Waals surface area contributed by atoms with Gasteiger partial charge in [0, 0.05) is 25.3 Å². The molecule has 204 valence electrons. The number of nitrogens with zero attached hydrogens (tertiary/aromatic N) is 3. The van der Waals surface area contributed by atoms with Crippen LogP contribution in [0.1, 0.15) is 63.0 Å². The summed E-state index contributed by atoms with van der Waals surface area (Å²) in [5, 5.41) is 12.9. The van der Waals surface area contributed by atoms with Gasteiger partial charge in [-0.1, -0.05) is 31.9 Å². The second kappa shape index (κ2) is 10.4. The summed E-state index contributed by atoms with van der Waals surface area (Å²) in [4.78, 5) is 22.1. The molecule has 1 saturated carbocycles. The smallest absolute Gasteiger partial charge is 0.338 e. The molecule has 1 aliphatic carbocycles. The Bertz CT molecular complexity index is 1330. The predicted octanol–water partition coefficient (Wildman–Crippen LogP) is 3.73. The Morgan fingerprint density at radius 2 is 2.08 bits per heavy atom. The van der Waals surface area contributed by atoms with Crippen molar-refractivity contribution in [1.82, 2.24) is 10.4 Å². The van der Waals surface area contributed by atoms with Crippen molar-refractivity contribution in [3.05, 3.63) is 52.9 Å². The standard InChI is InChI=1S/C27H35N5O5S/c1-3-19-15-18(9-10-22(19)31-38(2,35)36)11-12-27(20-7-4-5-8-20)17-23(33)21(25(34)37-27)16-24-29-26-28-13-6-14-32(26)30-24/h6,9-10,13-15,20,26,31,33H,3-5,7-8,11-12,16-17H2,1-2H3,(H,29,30)/t26-,27?/m0/s1. The molecule has 0 radical (unpaired) electrons. The molecule has 0 spiro atoms. The number of sulfonamides is 1. The lowest BCUT2D eigenvalue weighted by molar-refractivity contribution is -0.167. The van der Waals surface area contributed by atoms with E-state index in [-0.39, 0.29) is 30.1 Å². The zero-order valence-corrected chi connectivity index (χ0v) is 22.6. The minimum Gasteiger partial charge on any atom is -0.512 e. The van der Waals surface area contributed by atoms with Crippen molar-refractivity contribution in [2.45, 2.75) is 76.6 Å². The van der Waals surface area contributed by atoms with E-state index >= 15 is 0 Å². The van der Waals surface area contributed by atoms with Gasteiger partial charge in [-0.25, -0.2) is 28.2 Å². The normalized spacial score (nSPS) is 25.3. The van der Waals surface area contributed by atoms with E-state index < -0.39 is 27.9 Å². The third kappa shape index (κ3) is 5.57. The van der Waals surface area contributed by atoms with Crippen molar-refractivity contribution in [2.75, 3.05) is 11.0 Å². The molecule has 0 amide bonds. The van der Waals surface area contributed by atoms with Gasteiger partial charge in [-0.15, -0.1) is 0 Å². The summed E-state index contributed by atoms with van der Waals surface area (Å²) in [6.45, 7) is 1.98. The van der Waals surface area contributed by atoms with Crippen LogP contribution < -0.4 is 10.1 Å². The third-order valence-corrected chi connectivity index (χ3v) is 8.40. The number of ether oxygens (including phenoxy) is 1. The molecule has 1 aromatic carbocycles. The van der Waals surface area contributed by atoms with Crippen LogP contribution in [0.2, 0.25) is 0 Å². The fourth-order valence-corrected chi connectivity index (χ4v) is 6.50. The molecule has 1 aromatic rings. The highest BCUT2D eigenvalue weighted by atomic mass is 32.2. The Morgan fingerprint density at radius 1 is 1.29 bits per heavy atom. The summed E-state index contributed by atoms with van der Waals surface area (Å²) in [6.07, 6.45) is 12.5. The lowest BCUT2D eigenvalue weighted by Crippen LogP contribution is -2.46. The summed E-state index contributed by atoms with van der Waals surface area (Å²) in [5.41, 5.74) is 5.12. The third-order valence-electron chi connectivity index (χ3n) is 7.81. The van der Waals surface area contributed by atoms with E-state index in [9.17, 15) is 18.3 Å². The molecule has 0 bridgehead atoms. The number of amidine groups is 1. The first kappa shape index (κ1) is 26.3. The Labute approximate surface area is 223 Å². The topological polar surface area (TPSA) is 133 Å². The second-order valence-electron chi connectivity index (χ2n) is 10.5. The van der Waals surface area contributed by atoms with E-state index in [1.165, 1.54) is 0 Å². The highest BCUT2D eigenvalue weighted by Crippen LogP contribution is 2.46. The second-order valence-corrected chi connectivity index (χ2v) is 12.3. The van der Waals surface area contributed by atoms with Crippen molar-refractivity contribution in [3.8, 4) is 0 Å². The minimum atomic E-state index is -3.37. The van der Waals surface area contributed by atoms with Gasteiger partial charge in [-0.3, -0.25) is 10.1 Å². The number of esters is 1. The molecule has 1 unspecified atom stereocenters. The van der Waals surface area contributed by atoms with Crippen LogP contribution in [0.5, 0.6) is 0 Å². The highest BCUT2D eigenvalue weighted by molar-refractivity contribution is 7.92. The van der Waals surface area contributed by atoms with Crippen LogP contribution in [0.25, 0.3) is 0 Å². The SMILES string of the molecule is CCc1cc(CCC2(C3CCCC3)CC(O)=C(CC3=N[C@@H]4N=CC=CN4N3)C(=O)O2)ccc1NS(C)(=O)=O. The predicted molar refractivity (Wildman–Crippen MR) is 146 cm³/mol. The number of hydrogen-bond donors (Lipinski definition) is 3. The van der Waals surface area contributed by atoms with Crippen LogP contribution in [0.3, 0.4) is 0 Å². The van der Waals surface area contributed by atoms with Crippen molar-refractivity contribution >= 4 is 33.7 Å². The summed E-state index contributed by atoms with van der Waals surface area (Å²) >= 11 is 0. The number of fused-ring (bicyclic) bond motifs is 1. The van der Waals surface area contributed by atoms with Gasteiger partial charge in [-0.2, -0.15) is 0 Å². The van der Waals surface area contributed by atoms with Gasteiger partial charge in [0.05, 0.1) is 17.5 Å². The number of aliphatic imine (C=N–C) groups is 2. The fourth-order valence-electron chi connectivity index (χ4n) is 5.90. The zero-order chi connectivity index (χ0) is 26.9. The minimum absolute atomic E-state index is 0.0727. The molecule has 38 heavy (non-hydrogen) atoms. The van der Waals surface area contributed by atoms with Crippen molar-refractivity contribution < 1.29 is 23.1 Å². The number of allylic oxidation sites excluding steroid dienone is 1. The average Bonchev–Trinajstić information content (AvgIpc) is 3.55. The summed E-state index contributed by atoms with van der Waals surface area (Å²) in [7, 11) is -3.37. The number of nitrogens with one attached hydrogen (secondary N) is 2. The van der Waals surface area contributed by atoms with E-state index in [0.717, 1.165) is 43.1 Å². The Hall–Kier alpha value is -3.34. The molecule has 1 fully saturated rings. The number of aliphatic hydroxyl groups is 1. The molecule has 11 heteroatoms. The van der Waals surface area contributed by atoms with Crippen LogP contribution in [-0.4, -0.2) is 54.7 Å². The van der Waals surface area contributed by atoms with E-state index in [0.29, 0.717) is 30.8 Å². The number of rotatable bonds is 9. The zero-order valence-electron chi connectivity index (χ0n) is 21.8. The number of hydrogen-bond acceptors (Lipinski definition) is 9. The van der Waals surface area contributed by atoms with Crippen LogP contribution in [-0.2, 0) is 32.4 Å². The Balaban J connectivity index is 1.34. The molecule has 0 saturated heterocycles. The summed E-state index contributed by atoms with van der Waals surface area (Å²) < 4.78 is 32.3. The van der Waals surface area contributed by atoms with Crippen LogP contribution in [0.15, 0.2) is 51.8 Å². The molecule has 10 nitrogen and oxygen atoms in total. The fraction of sp³-hybridized carbons (Fsp3) is 0.519. The van der Waals surface area contributed by atoms with Gasteiger partial charge >= 0.3 is 5.97 Å². The number of carbonyl (C=O) groups is 1. The molecule has 0 aromatic heterocycles. The molecular weight excluding hydrogens is 506 g/mol. The molecule has 3 heterocycles. The Kier molecular flexibility index (Phi) is 7.21. The maximum atomic E-state index is 13.3. The van der Waals surface area contributed by atoms with Crippen molar-refractivity contribution in [1.29, 1.82) is 0 Å². The first-order chi connectivity index (χ1) is 18.2. The first-order valence-corrected chi connectivity index (χ1v) is 15.1. The summed E-state index contributed by atoms with van der Waals surface area (Å²) in [5.74, 6) is 0.322. The van der Waals surface area contributed by atoms with Gasteiger partial charge in [0.1, 0.15) is 17.2 Å². The van der Waals surface area contributed by atoms with Gasteiger partial charge in [0.2, 0.25) is 16.3 Å². The van der Waals surface area contributed by atoms with Gasteiger partial charge in [0.25, 0.3) is 0 Å². The lowest BCUT2D eigenvalue weighted by Gasteiger charge is -2.42. The highest BCUT2D eigenvalue weighted by Gasteiger charge is 2.48. The molecule has 3 aliphatic heterocycles. The Morgan fingerprint density at radius 3 is 2.76 bits per heavy atom. The quantitative estimate of drug-likeness (QED) is 0.406. The van der Waals surface area contributed by atoms with Gasteiger partial charge < -0.3 is 9.84 Å². The first-order valence-electron chi connectivity index (χ1n) is 13.2. The van der Waals surface area contributed by atoms with Crippen LogP contribution >= 0.6 is 0 Å². The largest absolute Gasteiger partial charge is 0.512 e. The van der Waals surface area contributed by atoms with Crippen LogP contribution in [0, 0.1) is 5.92 Å². The number of benzene rings is 1. The molecule has 2 atom stereocenters. The molecule has 3 N–H and O–H groups in total. The van der Waals surface area contributed by atoms with E-state index in [1.807, 2.05) is 25.3 Å². The van der Waals surface area contributed by atoms with Crippen molar-refractivity contribution in [2.24, 2.45) is 15.9 Å². The average molecular weight is 542 g/mol. The number of cyclic esters (lactones) is 1. The maximum Gasteiger partial charge on any atom is 0.338 e.